The first-order valence-electron chi connectivity index (χ1n) is 5.57. The lowest BCUT2D eigenvalue weighted by Crippen LogP contribution is -2.41. The van der Waals surface area contributed by atoms with Crippen molar-refractivity contribution in [2.45, 2.75) is 47.5 Å². The highest BCUT2D eigenvalue weighted by atomic mass is 14.5. The molecule has 0 amide bonds. The summed E-state index contributed by atoms with van der Waals surface area (Å²) in [5, 5.41) is 0. The van der Waals surface area contributed by atoms with Gasteiger partial charge >= 0.3 is 0 Å². The average Bonchev–Trinajstić information content (AvgIpc) is 1.99. The summed E-state index contributed by atoms with van der Waals surface area (Å²) in [5.74, 6) is 4.89. The zero-order valence-corrected chi connectivity index (χ0v) is 9.30. The van der Waals surface area contributed by atoms with Crippen LogP contribution in [0.3, 0.4) is 0 Å². The standard InChI is InChI=1S/C12H24/c1-6-9(4)12-10(5)7-11(12)8(2)3/h8-12H,6-7H2,1-5H3. The predicted molar refractivity (Wildman–Crippen MR) is 55.1 cm³/mol. The second kappa shape index (κ2) is 3.81. The minimum atomic E-state index is 0.903. The van der Waals surface area contributed by atoms with E-state index in [-0.39, 0.29) is 0 Å². The third-order valence-corrected chi connectivity index (χ3v) is 3.95. The van der Waals surface area contributed by atoms with Crippen molar-refractivity contribution in [1.29, 1.82) is 0 Å². The molecule has 0 radical (unpaired) electrons. The van der Waals surface area contributed by atoms with E-state index in [1.165, 1.54) is 12.8 Å². The zero-order valence-electron chi connectivity index (χ0n) is 9.30. The third-order valence-electron chi connectivity index (χ3n) is 3.95. The summed E-state index contributed by atoms with van der Waals surface area (Å²) in [7, 11) is 0. The van der Waals surface area contributed by atoms with E-state index < -0.39 is 0 Å². The van der Waals surface area contributed by atoms with Crippen molar-refractivity contribution in [2.75, 3.05) is 0 Å². The molecule has 0 aromatic heterocycles. The molecule has 0 bridgehead atoms. The fraction of sp³-hybridized carbons (Fsp3) is 1.00. The fourth-order valence-electron chi connectivity index (χ4n) is 2.94. The van der Waals surface area contributed by atoms with Gasteiger partial charge < -0.3 is 0 Å². The van der Waals surface area contributed by atoms with Crippen molar-refractivity contribution in [1.82, 2.24) is 0 Å². The first-order chi connectivity index (χ1) is 5.57. The third kappa shape index (κ3) is 1.67. The van der Waals surface area contributed by atoms with E-state index in [0.717, 1.165) is 29.6 Å². The minimum absolute atomic E-state index is 0.903. The molecule has 0 heteroatoms. The van der Waals surface area contributed by atoms with Gasteiger partial charge in [-0.3, -0.25) is 0 Å². The monoisotopic (exact) mass is 168 g/mol. The maximum absolute atomic E-state index is 2.43. The van der Waals surface area contributed by atoms with Crippen molar-refractivity contribution in [2.24, 2.45) is 29.6 Å². The summed E-state index contributed by atoms with van der Waals surface area (Å²) in [6, 6.07) is 0. The Balaban J connectivity index is 2.49. The van der Waals surface area contributed by atoms with Crippen LogP contribution in [0.4, 0.5) is 0 Å². The molecule has 72 valence electrons. The molecule has 4 atom stereocenters. The Hall–Kier alpha value is 0. The molecule has 0 heterocycles. The van der Waals surface area contributed by atoms with Gasteiger partial charge in [0.1, 0.15) is 0 Å². The zero-order chi connectivity index (χ0) is 9.30. The van der Waals surface area contributed by atoms with Crippen molar-refractivity contribution in [3.05, 3.63) is 0 Å². The molecule has 0 nitrogen and oxygen atoms in total. The highest BCUT2D eigenvalue weighted by molar-refractivity contribution is 4.90. The van der Waals surface area contributed by atoms with Crippen LogP contribution in [0, 0.1) is 29.6 Å². The molecule has 0 aromatic rings. The van der Waals surface area contributed by atoms with Crippen molar-refractivity contribution in [3.8, 4) is 0 Å². The van der Waals surface area contributed by atoms with E-state index in [1.807, 2.05) is 0 Å². The molecule has 1 aliphatic carbocycles. The van der Waals surface area contributed by atoms with Crippen LogP contribution in [-0.4, -0.2) is 0 Å². The molecular weight excluding hydrogens is 144 g/mol. The Bertz CT molecular complexity index is 137. The molecule has 0 spiro atoms. The molecule has 0 aromatic carbocycles. The Labute approximate surface area is 77.7 Å². The van der Waals surface area contributed by atoms with Crippen molar-refractivity contribution in [3.63, 3.8) is 0 Å². The highest BCUT2D eigenvalue weighted by Crippen LogP contribution is 2.49. The molecular formula is C12H24. The van der Waals surface area contributed by atoms with Crippen LogP contribution in [-0.2, 0) is 0 Å². The largest absolute Gasteiger partial charge is 0.0651 e. The first kappa shape index (κ1) is 10.1. The van der Waals surface area contributed by atoms with Crippen LogP contribution < -0.4 is 0 Å². The van der Waals surface area contributed by atoms with E-state index in [2.05, 4.69) is 34.6 Å². The normalized spacial score (nSPS) is 38.0. The van der Waals surface area contributed by atoms with Gasteiger partial charge in [-0.2, -0.15) is 0 Å². The van der Waals surface area contributed by atoms with Gasteiger partial charge in [0.2, 0.25) is 0 Å². The smallest absolute Gasteiger partial charge is 0.0332 e. The van der Waals surface area contributed by atoms with Gasteiger partial charge in [-0.25, -0.2) is 0 Å². The average molecular weight is 168 g/mol. The second-order valence-corrected chi connectivity index (χ2v) is 5.08. The van der Waals surface area contributed by atoms with Crippen LogP contribution in [0.5, 0.6) is 0 Å². The summed E-state index contributed by atoms with van der Waals surface area (Å²) in [5.41, 5.74) is 0. The lowest BCUT2D eigenvalue weighted by atomic mass is 9.57. The number of rotatable bonds is 3. The molecule has 4 unspecified atom stereocenters. The molecule has 0 N–H and O–H groups in total. The molecule has 0 saturated heterocycles. The topological polar surface area (TPSA) is 0 Å². The van der Waals surface area contributed by atoms with E-state index in [0.29, 0.717) is 0 Å². The molecule has 1 fully saturated rings. The van der Waals surface area contributed by atoms with Crippen molar-refractivity contribution >= 4 is 0 Å². The van der Waals surface area contributed by atoms with Gasteiger partial charge in [-0.15, -0.1) is 0 Å². The van der Waals surface area contributed by atoms with Crippen LogP contribution in [0.2, 0.25) is 0 Å². The van der Waals surface area contributed by atoms with Crippen LogP contribution in [0.25, 0.3) is 0 Å². The maximum atomic E-state index is 2.43. The lowest BCUT2D eigenvalue weighted by molar-refractivity contribution is 0.00362. The second-order valence-electron chi connectivity index (χ2n) is 5.08. The SMILES string of the molecule is CCC(C)C1C(C)CC1C(C)C. The Kier molecular flexibility index (Phi) is 3.20. The van der Waals surface area contributed by atoms with E-state index in [9.17, 15) is 0 Å². The highest BCUT2D eigenvalue weighted by Gasteiger charge is 2.41. The Morgan fingerprint density at radius 1 is 1.25 bits per heavy atom. The van der Waals surface area contributed by atoms with Gasteiger partial charge in [-0.1, -0.05) is 41.0 Å². The van der Waals surface area contributed by atoms with Crippen LogP contribution in [0.15, 0.2) is 0 Å². The number of hydrogen-bond donors (Lipinski definition) is 0. The maximum Gasteiger partial charge on any atom is -0.0332 e. The van der Waals surface area contributed by atoms with E-state index in [1.54, 1.807) is 0 Å². The summed E-state index contributed by atoms with van der Waals surface area (Å²) in [4.78, 5) is 0. The minimum Gasteiger partial charge on any atom is -0.0651 e. The van der Waals surface area contributed by atoms with Gasteiger partial charge in [0.25, 0.3) is 0 Å². The summed E-state index contributed by atoms with van der Waals surface area (Å²) < 4.78 is 0. The fourth-order valence-corrected chi connectivity index (χ4v) is 2.94. The van der Waals surface area contributed by atoms with Gasteiger partial charge in [0.15, 0.2) is 0 Å². The number of hydrogen-bond acceptors (Lipinski definition) is 0. The molecule has 1 aliphatic rings. The summed E-state index contributed by atoms with van der Waals surface area (Å²) >= 11 is 0. The van der Waals surface area contributed by atoms with Gasteiger partial charge in [0, 0.05) is 0 Å². The molecule has 1 saturated carbocycles. The molecule has 0 aliphatic heterocycles. The quantitative estimate of drug-likeness (QED) is 0.598. The van der Waals surface area contributed by atoms with Crippen molar-refractivity contribution < 1.29 is 0 Å². The predicted octanol–water partition coefficient (Wildman–Crippen LogP) is 3.96. The Morgan fingerprint density at radius 3 is 2.17 bits per heavy atom. The molecule has 12 heavy (non-hydrogen) atoms. The van der Waals surface area contributed by atoms with E-state index >= 15 is 0 Å². The lowest BCUT2D eigenvalue weighted by Gasteiger charge is -2.49. The van der Waals surface area contributed by atoms with E-state index in [4.69, 9.17) is 0 Å². The van der Waals surface area contributed by atoms with Gasteiger partial charge in [0.05, 0.1) is 0 Å². The van der Waals surface area contributed by atoms with Crippen LogP contribution >= 0.6 is 0 Å². The molecule has 1 rings (SSSR count). The Morgan fingerprint density at radius 2 is 1.83 bits per heavy atom. The summed E-state index contributed by atoms with van der Waals surface area (Å²) in [6.07, 6.45) is 2.84. The summed E-state index contributed by atoms with van der Waals surface area (Å²) in [6.45, 7) is 11.9. The first-order valence-corrected chi connectivity index (χ1v) is 5.57. The van der Waals surface area contributed by atoms with Crippen LogP contribution in [0.1, 0.15) is 47.5 Å². The van der Waals surface area contributed by atoms with Gasteiger partial charge in [-0.05, 0) is 36.0 Å².